The number of nitrogens with zero attached hydrogens (tertiary/aromatic N) is 2. The lowest BCUT2D eigenvalue weighted by atomic mass is 9.89. The van der Waals surface area contributed by atoms with E-state index in [4.69, 9.17) is 10.2 Å². The van der Waals surface area contributed by atoms with Crippen molar-refractivity contribution in [1.29, 1.82) is 0 Å². The predicted octanol–water partition coefficient (Wildman–Crippen LogP) is 7.18. The van der Waals surface area contributed by atoms with Crippen LogP contribution in [0.2, 0.25) is 0 Å². The maximum absolute atomic E-state index is 4.92. The first-order valence-electron chi connectivity index (χ1n) is 10.2. The molecule has 22 heavy (non-hydrogen) atoms. The van der Waals surface area contributed by atoms with Gasteiger partial charge < -0.3 is 0 Å². The van der Waals surface area contributed by atoms with E-state index < -0.39 is 0 Å². The van der Waals surface area contributed by atoms with E-state index in [1.54, 1.807) is 0 Å². The van der Waals surface area contributed by atoms with E-state index in [1.165, 1.54) is 77.0 Å². The summed E-state index contributed by atoms with van der Waals surface area (Å²) in [6, 6.07) is 0.956. The maximum atomic E-state index is 4.92. The number of azo groups is 1. The molecule has 1 heterocycles. The van der Waals surface area contributed by atoms with E-state index in [2.05, 4.69) is 27.7 Å². The minimum atomic E-state index is 0.478. The monoisotopic (exact) mass is 308 g/mol. The molecule has 2 unspecified atom stereocenters. The lowest BCUT2D eigenvalue weighted by Crippen LogP contribution is -2.21. The second kappa shape index (κ2) is 12.1. The third kappa shape index (κ3) is 6.79. The Morgan fingerprint density at radius 2 is 0.909 bits per heavy atom. The normalized spacial score (nSPS) is 25.2. The van der Waals surface area contributed by atoms with Gasteiger partial charge in [-0.2, -0.15) is 10.2 Å². The van der Waals surface area contributed by atoms with E-state index in [1.807, 2.05) is 0 Å². The molecule has 0 aromatic heterocycles. The molecule has 130 valence electrons. The summed E-state index contributed by atoms with van der Waals surface area (Å²) in [6.07, 6.45) is 15.8. The van der Waals surface area contributed by atoms with Gasteiger partial charge in [-0.3, -0.25) is 0 Å². The highest BCUT2D eigenvalue weighted by molar-refractivity contribution is 4.78. The number of rotatable bonds is 6. The SMILES string of the molecule is CCC(CC)C1CCCCCCCCC(C(CC)CC)N=N1. The van der Waals surface area contributed by atoms with Gasteiger partial charge in [-0.25, -0.2) is 0 Å². The zero-order chi connectivity index (χ0) is 16.2. The Bertz CT molecular complexity index is 251. The summed E-state index contributed by atoms with van der Waals surface area (Å²) in [6.45, 7) is 9.27. The molecule has 0 aromatic rings. The molecule has 0 fully saturated rings. The Morgan fingerprint density at radius 3 is 1.23 bits per heavy atom. The Balaban J connectivity index is 2.82. The molecule has 0 aromatic carbocycles. The first kappa shape index (κ1) is 19.6. The highest BCUT2D eigenvalue weighted by atomic mass is 15.1. The molecule has 1 aliphatic rings. The van der Waals surface area contributed by atoms with Crippen LogP contribution in [0.1, 0.15) is 105 Å². The van der Waals surface area contributed by atoms with Crippen molar-refractivity contribution in [1.82, 2.24) is 0 Å². The van der Waals surface area contributed by atoms with Gasteiger partial charge in [0.15, 0.2) is 0 Å². The van der Waals surface area contributed by atoms with Crippen LogP contribution >= 0.6 is 0 Å². The molecule has 0 saturated carbocycles. The average molecular weight is 309 g/mol. The quantitative estimate of drug-likeness (QED) is 0.496. The highest BCUT2D eigenvalue weighted by Gasteiger charge is 2.21. The van der Waals surface area contributed by atoms with E-state index in [0.29, 0.717) is 12.1 Å². The van der Waals surface area contributed by atoms with Crippen molar-refractivity contribution in [2.45, 2.75) is 117 Å². The van der Waals surface area contributed by atoms with Crippen molar-refractivity contribution in [3.63, 3.8) is 0 Å². The summed E-state index contributed by atoms with van der Waals surface area (Å²) in [5.41, 5.74) is 0. The van der Waals surface area contributed by atoms with Crippen LogP contribution in [0.15, 0.2) is 10.2 Å². The van der Waals surface area contributed by atoms with E-state index in [-0.39, 0.29) is 0 Å². The van der Waals surface area contributed by atoms with Crippen molar-refractivity contribution in [3.8, 4) is 0 Å². The fraction of sp³-hybridized carbons (Fsp3) is 1.00. The summed E-state index contributed by atoms with van der Waals surface area (Å²) in [7, 11) is 0. The first-order chi connectivity index (χ1) is 10.8. The highest BCUT2D eigenvalue weighted by Crippen LogP contribution is 2.27. The Labute approximate surface area is 139 Å². The van der Waals surface area contributed by atoms with Gasteiger partial charge >= 0.3 is 0 Å². The van der Waals surface area contributed by atoms with E-state index in [0.717, 1.165) is 11.8 Å². The van der Waals surface area contributed by atoms with Crippen LogP contribution < -0.4 is 0 Å². The molecule has 2 heteroatoms. The second-order valence-corrected chi connectivity index (χ2v) is 7.22. The Kier molecular flexibility index (Phi) is 10.8. The molecule has 0 saturated heterocycles. The molecule has 0 spiro atoms. The van der Waals surface area contributed by atoms with Crippen molar-refractivity contribution >= 4 is 0 Å². The minimum Gasteiger partial charge on any atom is -0.190 e. The van der Waals surface area contributed by atoms with Gasteiger partial charge in [-0.05, 0) is 24.7 Å². The van der Waals surface area contributed by atoms with Crippen LogP contribution in [0, 0.1) is 11.8 Å². The lowest BCUT2D eigenvalue weighted by Gasteiger charge is -2.25. The molecular formula is C20H40N2. The van der Waals surface area contributed by atoms with Crippen LogP contribution in [0.4, 0.5) is 0 Å². The number of hydrogen-bond donors (Lipinski definition) is 0. The fourth-order valence-electron chi connectivity index (χ4n) is 4.03. The number of hydrogen-bond acceptors (Lipinski definition) is 2. The fourth-order valence-corrected chi connectivity index (χ4v) is 4.03. The van der Waals surface area contributed by atoms with Crippen molar-refractivity contribution < 1.29 is 0 Å². The zero-order valence-corrected chi connectivity index (χ0v) is 15.7. The van der Waals surface area contributed by atoms with Gasteiger partial charge in [0, 0.05) is 0 Å². The average Bonchev–Trinajstić information content (AvgIpc) is 2.53. The van der Waals surface area contributed by atoms with Gasteiger partial charge in [0.1, 0.15) is 0 Å². The standard InChI is InChI=1S/C20H40N2/c1-5-17(6-2)19-15-13-11-9-10-12-14-16-20(22-21-19)18(7-3)8-4/h17-20H,5-16H2,1-4H3. The second-order valence-electron chi connectivity index (χ2n) is 7.22. The van der Waals surface area contributed by atoms with Gasteiger partial charge in [0.2, 0.25) is 0 Å². The maximum Gasteiger partial charge on any atom is 0.0736 e. The van der Waals surface area contributed by atoms with Crippen molar-refractivity contribution in [2.24, 2.45) is 22.1 Å². The summed E-state index contributed by atoms with van der Waals surface area (Å²) >= 11 is 0. The topological polar surface area (TPSA) is 24.7 Å². The minimum absolute atomic E-state index is 0.478. The molecule has 1 rings (SSSR count). The molecular weight excluding hydrogens is 268 g/mol. The summed E-state index contributed by atoms with van der Waals surface area (Å²) in [5, 5.41) is 9.84. The third-order valence-corrected chi connectivity index (χ3v) is 5.80. The van der Waals surface area contributed by atoms with Gasteiger partial charge in [-0.1, -0.05) is 91.9 Å². The van der Waals surface area contributed by atoms with Gasteiger partial charge in [0.05, 0.1) is 12.1 Å². The summed E-state index contributed by atoms with van der Waals surface area (Å²) in [5.74, 6) is 1.46. The van der Waals surface area contributed by atoms with E-state index in [9.17, 15) is 0 Å². The molecule has 0 N–H and O–H groups in total. The molecule has 0 bridgehead atoms. The van der Waals surface area contributed by atoms with Gasteiger partial charge in [-0.15, -0.1) is 0 Å². The first-order valence-corrected chi connectivity index (χ1v) is 10.2. The smallest absolute Gasteiger partial charge is 0.0736 e. The molecule has 0 aliphatic carbocycles. The predicted molar refractivity (Wildman–Crippen MR) is 97.5 cm³/mol. The Hall–Kier alpha value is -0.400. The van der Waals surface area contributed by atoms with Crippen LogP contribution in [0.5, 0.6) is 0 Å². The van der Waals surface area contributed by atoms with Crippen LogP contribution in [-0.4, -0.2) is 12.1 Å². The molecule has 0 amide bonds. The van der Waals surface area contributed by atoms with Crippen LogP contribution in [0.25, 0.3) is 0 Å². The molecule has 1 aliphatic heterocycles. The molecule has 0 radical (unpaired) electrons. The van der Waals surface area contributed by atoms with Gasteiger partial charge in [0.25, 0.3) is 0 Å². The zero-order valence-electron chi connectivity index (χ0n) is 15.7. The van der Waals surface area contributed by atoms with Crippen molar-refractivity contribution in [2.75, 3.05) is 0 Å². The van der Waals surface area contributed by atoms with Crippen molar-refractivity contribution in [3.05, 3.63) is 0 Å². The van der Waals surface area contributed by atoms with Crippen LogP contribution in [-0.2, 0) is 0 Å². The largest absolute Gasteiger partial charge is 0.190 e. The lowest BCUT2D eigenvalue weighted by molar-refractivity contribution is 0.316. The summed E-state index contributed by atoms with van der Waals surface area (Å²) in [4.78, 5) is 0. The molecule has 2 nitrogen and oxygen atoms in total. The third-order valence-electron chi connectivity index (χ3n) is 5.80. The molecule has 2 atom stereocenters. The summed E-state index contributed by atoms with van der Waals surface area (Å²) < 4.78 is 0. The van der Waals surface area contributed by atoms with E-state index >= 15 is 0 Å². The Morgan fingerprint density at radius 1 is 0.591 bits per heavy atom. The van der Waals surface area contributed by atoms with Crippen LogP contribution in [0.3, 0.4) is 0 Å².